The van der Waals surface area contributed by atoms with Crippen molar-refractivity contribution in [1.29, 1.82) is 0 Å². The molecule has 2 N–H and O–H groups in total. The molecule has 3 aromatic rings. The van der Waals surface area contributed by atoms with Crippen LogP contribution in [0.25, 0.3) is 10.8 Å². The van der Waals surface area contributed by atoms with Gasteiger partial charge in [0, 0.05) is 16.8 Å². The van der Waals surface area contributed by atoms with Gasteiger partial charge in [0.05, 0.1) is 0 Å². The normalized spacial score (nSPS) is 10.1. The van der Waals surface area contributed by atoms with Crippen molar-refractivity contribution < 1.29 is 0 Å². The molecule has 0 spiro atoms. The summed E-state index contributed by atoms with van der Waals surface area (Å²) in [5.74, 6) is 6.43. The van der Waals surface area contributed by atoms with E-state index in [2.05, 4.69) is 30.0 Å². The first-order valence-corrected chi connectivity index (χ1v) is 6.60. The summed E-state index contributed by atoms with van der Waals surface area (Å²) in [7, 11) is 0. The smallest absolute Gasteiger partial charge is 0.0481 e. The lowest BCUT2D eigenvalue weighted by atomic mass is 10.0. The third-order valence-corrected chi connectivity index (χ3v) is 3.33. The zero-order valence-corrected chi connectivity index (χ0v) is 11.4. The SMILES string of the molecule is Cc1ccc(N)c(C#Cc2cccc3ccccc23)c1. The molecule has 0 aromatic heterocycles. The van der Waals surface area contributed by atoms with E-state index in [-0.39, 0.29) is 0 Å². The molecule has 0 bridgehead atoms. The van der Waals surface area contributed by atoms with Gasteiger partial charge >= 0.3 is 0 Å². The fraction of sp³-hybridized carbons (Fsp3) is 0.0526. The minimum absolute atomic E-state index is 0.725. The number of nitrogens with two attached hydrogens (primary N) is 1. The van der Waals surface area contributed by atoms with E-state index in [0.717, 1.165) is 16.8 Å². The van der Waals surface area contributed by atoms with Crippen molar-refractivity contribution in [3.05, 3.63) is 77.4 Å². The molecule has 0 radical (unpaired) electrons. The molecule has 0 saturated heterocycles. The third-order valence-electron chi connectivity index (χ3n) is 3.33. The second-order valence-corrected chi connectivity index (χ2v) is 4.87. The number of benzene rings is 3. The fourth-order valence-corrected chi connectivity index (χ4v) is 2.25. The molecule has 0 aliphatic carbocycles. The van der Waals surface area contributed by atoms with Gasteiger partial charge in [-0.1, -0.05) is 54.3 Å². The number of aryl methyl sites for hydroxylation is 1. The summed E-state index contributed by atoms with van der Waals surface area (Å²) in [5.41, 5.74) is 9.78. The van der Waals surface area contributed by atoms with E-state index in [1.54, 1.807) is 0 Å². The van der Waals surface area contributed by atoms with E-state index in [1.165, 1.54) is 16.3 Å². The lowest BCUT2D eigenvalue weighted by Crippen LogP contribution is -1.90. The first-order chi connectivity index (χ1) is 9.74. The average Bonchev–Trinajstić information content (AvgIpc) is 2.48. The summed E-state index contributed by atoms with van der Waals surface area (Å²) in [4.78, 5) is 0. The molecule has 0 amide bonds. The molecule has 0 aliphatic heterocycles. The summed E-state index contributed by atoms with van der Waals surface area (Å²) in [6, 6.07) is 20.4. The molecule has 0 saturated carbocycles. The van der Waals surface area contributed by atoms with Crippen LogP contribution in [0.15, 0.2) is 60.7 Å². The predicted molar refractivity (Wildman–Crippen MR) is 85.5 cm³/mol. The molecule has 20 heavy (non-hydrogen) atoms. The van der Waals surface area contributed by atoms with Crippen molar-refractivity contribution in [1.82, 2.24) is 0 Å². The molecule has 1 heteroatoms. The maximum absolute atomic E-state index is 5.96. The van der Waals surface area contributed by atoms with Crippen LogP contribution in [0, 0.1) is 18.8 Å². The van der Waals surface area contributed by atoms with Gasteiger partial charge in [0.2, 0.25) is 0 Å². The molecule has 0 fully saturated rings. The van der Waals surface area contributed by atoms with Gasteiger partial charge in [0.15, 0.2) is 0 Å². The van der Waals surface area contributed by atoms with Gasteiger partial charge in [0.1, 0.15) is 0 Å². The van der Waals surface area contributed by atoms with Crippen molar-refractivity contribution in [2.24, 2.45) is 0 Å². The van der Waals surface area contributed by atoms with Crippen molar-refractivity contribution in [2.75, 3.05) is 5.73 Å². The van der Waals surface area contributed by atoms with Crippen LogP contribution in [-0.4, -0.2) is 0 Å². The topological polar surface area (TPSA) is 26.0 Å². The van der Waals surface area contributed by atoms with Gasteiger partial charge < -0.3 is 5.73 Å². The minimum atomic E-state index is 0.725. The second-order valence-electron chi connectivity index (χ2n) is 4.87. The maximum atomic E-state index is 5.96. The van der Waals surface area contributed by atoms with Crippen LogP contribution in [-0.2, 0) is 0 Å². The minimum Gasteiger partial charge on any atom is -0.398 e. The quantitative estimate of drug-likeness (QED) is 0.475. The first kappa shape index (κ1) is 12.3. The lowest BCUT2D eigenvalue weighted by Gasteiger charge is -2.01. The van der Waals surface area contributed by atoms with Crippen molar-refractivity contribution in [3.63, 3.8) is 0 Å². The average molecular weight is 257 g/mol. The van der Waals surface area contributed by atoms with Gasteiger partial charge in [0.25, 0.3) is 0 Å². The molecule has 0 unspecified atom stereocenters. The summed E-state index contributed by atoms with van der Waals surface area (Å²) < 4.78 is 0. The molecule has 96 valence electrons. The number of hydrogen-bond acceptors (Lipinski definition) is 1. The Morgan fingerprint density at radius 1 is 0.800 bits per heavy atom. The Labute approximate surface area is 119 Å². The molecule has 3 aromatic carbocycles. The van der Waals surface area contributed by atoms with Crippen LogP contribution < -0.4 is 5.73 Å². The number of nitrogen functional groups attached to an aromatic ring is 1. The highest BCUT2D eigenvalue weighted by Crippen LogP contribution is 2.18. The van der Waals surface area contributed by atoms with E-state index in [9.17, 15) is 0 Å². The van der Waals surface area contributed by atoms with Gasteiger partial charge in [-0.05, 0) is 41.5 Å². The van der Waals surface area contributed by atoms with Crippen LogP contribution in [0.2, 0.25) is 0 Å². The summed E-state index contributed by atoms with van der Waals surface area (Å²) in [6.45, 7) is 2.04. The lowest BCUT2D eigenvalue weighted by molar-refractivity contribution is 1.45. The van der Waals surface area contributed by atoms with Crippen LogP contribution in [0.3, 0.4) is 0 Å². The van der Waals surface area contributed by atoms with Gasteiger partial charge in [-0.15, -0.1) is 0 Å². The summed E-state index contributed by atoms with van der Waals surface area (Å²) in [5, 5.41) is 2.38. The Morgan fingerprint density at radius 2 is 1.55 bits per heavy atom. The summed E-state index contributed by atoms with van der Waals surface area (Å²) >= 11 is 0. The molecule has 1 nitrogen and oxygen atoms in total. The number of rotatable bonds is 0. The zero-order valence-electron chi connectivity index (χ0n) is 11.4. The van der Waals surface area contributed by atoms with Crippen molar-refractivity contribution in [2.45, 2.75) is 6.92 Å². The fourth-order valence-electron chi connectivity index (χ4n) is 2.25. The summed E-state index contributed by atoms with van der Waals surface area (Å²) in [6.07, 6.45) is 0. The molecule has 3 rings (SSSR count). The standard InChI is InChI=1S/C19H15N/c1-14-9-12-19(20)17(13-14)11-10-16-7-4-6-15-5-2-3-8-18(15)16/h2-9,12-13H,20H2,1H3. The monoisotopic (exact) mass is 257 g/mol. The highest BCUT2D eigenvalue weighted by molar-refractivity contribution is 5.88. The van der Waals surface area contributed by atoms with Gasteiger partial charge in [-0.3, -0.25) is 0 Å². The Morgan fingerprint density at radius 3 is 2.45 bits per heavy atom. The van der Waals surface area contributed by atoms with E-state index in [1.807, 2.05) is 49.4 Å². The first-order valence-electron chi connectivity index (χ1n) is 6.60. The van der Waals surface area contributed by atoms with Gasteiger partial charge in [-0.25, -0.2) is 0 Å². The van der Waals surface area contributed by atoms with E-state index < -0.39 is 0 Å². The maximum Gasteiger partial charge on any atom is 0.0481 e. The predicted octanol–water partition coefficient (Wildman–Crippen LogP) is 4.13. The highest BCUT2D eigenvalue weighted by Gasteiger charge is 1.98. The second kappa shape index (κ2) is 5.11. The van der Waals surface area contributed by atoms with Crippen molar-refractivity contribution in [3.8, 4) is 11.8 Å². The van der Waals surface area contributed by atoms with Gasteiger partial charge in [-0.2, -0.15) is 0 Å². The molecular weight excluding hydrogens is 242 g/mol. The van der Waals surface area contributed by atoms with E-state index in [4.69, 9.17) is 5.73 Å². The molecule has 0 heterocycles. The largest absolute Gasteiger partial charge is 0.398 e. The molecule has 0 aliphatic rings. The van der Waals surface area contributed by atoms with Crippen LogP contribution in [0.1, 0.15) is 16.7 Å². The van der Waals surface area contributed by atoms with Crippen LogP contribution >= 0.6 is 0 Å². The van der Waals surface area contributed by atoms with Crippen LogP contribution in [0.4, 0.5) is 5.69 Å². The van der Waals surface area contributed by atoms with E-state index >= 15 is 0 Å². The Kier molecular flexibility index (Phi) is 3.15. The molecular formula is C19H15N. The third kappa shape index (κ3) is 2.37. The van der Waals surface area contributed by atoms with Crippen molar-refractivity contribution >= 4 is 16.5 Å². The Balaban J connectivity index is 2.11. The highest BCUT2D eigenvalue weighted by atomic mass is 14.5. The Hall–Kier alpha value is -2.72. The van der Waals surface area contributed by atoms with Crippen LogP contribution in [0.5, 0.6) is 0 Å². The Bertz CT molecular complexity index is 830. The molecule has 0 atom stereocenters. The van der Waals surface area contributed by atoms with E-state index in [0.29, 0.717) is 0 Å². The number of anilines is 1. The number of fused-ring (bicyclic) bond motifs is 1. The number of hydrogen-bond donors (Lipinski definition) is 1. The zero-order chi connectivity index (χ0) is 13.9.